The fourth-order valence-electron chi connectivity index (χ4n) is 3.87. The van der Waals surface area contributed by atoms with Crippen LogP contribution in [-0.2, 0) is 13.0 Å². The van der Waals surface area contributed by atoms with E-state index in [1.165, 1.54) is 51.6 Å². The highest BCUT2D eigenvalue weighted by Gasteiger charge is 2.34. The van der Waals surface area contributed by atoms with Gasteiger partial charge in [0.1, 0.15) is 0 Å². The van der Waals surface area contributed by atoms with E-state index < -0.39 is 0 Å². The van der Waals surface area contributed by atoms with Gasteiger partial charge in [-0.1, -0.05) is 37.1 Å². The molecular formula is C17H25NS. The molecule has 0 spiro atoms. The smallest absolute Gasteiger partial charge is 0.0236 e. The predicted molar refractivity (Wildman–Crippen MR) is 84.8 cm³/mol. The molecular weight excluding hydrogens is 250 g/mol. The Labute approximate surface area is 122 Å². The number of thiol groups is 1. The van der Waals surface area contributed by atoms with Gasteiger partial charge in [-0.2, -0.15) is 12.6 Å². The molecule has 1 aromatic rings. The Morgan fingerprint density at radius 1 is 1.05 bits per heavy atom. The molecule has 19 heavy (non-hydrogen) atoms. The monoisotopic (exact) mass is 275 g/mol. The molecule has 1 saturated carbocycles. The summed E-state index contributed by atoms with van der Waals surface area (Å²) < 4.78 is 0. The minimum absolute atomic E-state index is 0.502. The average Bonchev–Trinajstić information content (AvgIpc) is 2.80. The zero-order chi connectivity index (χ0) is 13.1. The van der Waals surface area contributed by atoms with E-state index in [0.717, 1.165) is 12.3 Å². The summed E-state index contributed by atoms with van der Waals surface area (Å²) in [7, 11) is 0. The van der Waals surface area contributed by atoms with E-state index in [2.05, 4.69) is 41.8 Å². The van der Waals surface area contributed by atoms with Crippen LogP contribution < -0.4 is 0 Å². The Bertz CT molecular complexity index is 423. The van der Waals surface area contributed by atoms with E-state index in [0.29, 0.717) is 5.41 Å². The molecule has 1 fully saturated rings. The summed E-state index contributed by atoms with van der Waals surface area (Å²) in [4.78, 5) is 2.69. The Morgan fingerprint density at radius 3 is 2.53 bits per heavy atom. The molecule has 0 unspecified atom stereocenters. The van der Waals surface area contributed by atoms with E-state index in [9.17, 15) is 0 Å². The number of hydrogen-bond donors (Lipinski definition) is 1. The highest BCUT2D eigenvalue weighted by Crippen LogP contribution is 2.40. The number of fused-ring (bicyclic) bond motifs is 1. The van der Waals surface area contributed by atoms with Crippen LogP contribution in [0.1, 0.15) is 43.2 Å². The van der Waals surface area contributed by atoms with Gasteiger partial charge in [0.2, 0.25) is 0 Å². The molecule has 0 saturated heterocycles. The van der Waals surface area contributed by atoms with Gasteiger partial charge in [0, 0.05) is 13.1 Å². The van der Waals surface area contributed by atoms with Gasteiger partial charge in [0.25, 0.3) is 0 Å². The summed E-state index contributed by atoms with van der Waals surface area (Å²) in [5, 5.41) is 0. The molecule has 2 aliphatic rings. The molecule has 0 bridgehead atoms. The highest BCUT2D eigenvalue weighted by atomic mass is 32.1. The Balaban J connectivity index is 1.72. The van der Waals surface area contributed by atoms with Crippen molar-refractivity contribution in [3.8, 4) is 0 Å². The highest BCUT2D eigenvalue weighted by molar-refractivity contribution is 7.80. The normalized spacial score (nSPS) is 23.0. The molecule has 0 amide bonds. The summed E-state index contributed by atoms with van der Waals surface area (Å²) >= 11 is 4.66. The van der Waals surface area contributed by atoms with Crippen LogP contribution in [0.3, 0.4) is 0 Å². The van der Waals surface area contributed by atoms with E-state index in [-0.39, 0.29) is 0 Å². The number of rotatable bonds is 3. The molecule has 0 atom stereocenters. The average molecular weight is 275 g/mol. The van der Waals surface area contributed by atoms with Crippen molar-refractivity contribution in [3.63, 3.8) is 0 Å². The van der Waals surface area contributed by atoms with Crippen molar-refractivity contribution in [3.05, 3.63) is 35.4 Å². The summed E-state index contributed by atoms with van der Waals surface area (Å²) in [5.41, 5.74) is 3.62. The van der Waals surface area contributed by atoms with Gasteiger partial charge in [0.05, 0.1) is 0 Å². The molecule has 0 aromatic heterocycles. The predicted octanol–water partition coefficient (Wildman–Crippen LogP) is 3.93. The molecule has 0 radical (unpaired) electrons. The molecule has 1 heterocycles. The third kappa shape index (κ3) is 3.00. The van der Waals surface area contributed by atoms with Gasteiger partial charge in [-0.05, 0) is 54.5 Å². The Morgan fingerprint density at radius 2 is 1.79 bits per heavy atom. The lowest BCUT2D eigenvalue weighted by atomic mass is 9.87. The van der Waals surface area contributed by atoms with Crippen molar-refractivity contribution in [1.29, 1.82) is 0 Å². The summed E-state index contributed by atoms with van der Waals surface area (Å²) in [6.07, 6.45) is 8.14. The van der Waals surface area contributed by atoms with Gasteiger partial charge in [-0.3, -0.25) is 4.90 Å². The van der Waals surface area contributed by atoms with Gasteiger partial charge < -0.3 is 0 Å². The molecule has 0 N–H and O–H groups in total. The Hall–Kier alpha value is -0.470. The van der Waals surface area contributed by atoms with E-state index in [4.69, 9.17) is 0 Å². The lowest BCUT2D eigenvalue weighted by molar-refractivity contribution is 0.166. The van der Waals surface area contributed by atoms with Crippen molar-refractivity contribution in [2.45, 2.75) is 45.1 Å². The first-order chi connectivity index (χ1) is 9.31. The summed E-state index contributed by atoms with van der Waals surface area (Å²) in [6, 6.07) is 8.99. The van der Waals surface area contributed by atoms with Crippen molar-refractivity contribution in [2.75, 3.05) is 18.8 Å². The minimum Gasteiger partial charge on any atom is -0.298 e. The number of benzene rings is 1. The maximum Gasteiger partial charge on any atom is 0.0236 e. The minimum atomic E-state index is 0.502. The van der Waals surface area contributed by atoms with Gasteiger partial charge in [0.15, 0.2) is 0 Å². The zero-order valence-electron chi connectivity index (χ0n) is 11.8. The van der Waals surface area contributed by atoms with E-state index in [1.54, 1.807) is 11.1 Å². The van der Waals surface area contributed by atoms with Gasteiger partial charge in [-0.15, -0.1) is 0 Å². The first-order valence-electron chi connectivity index (χ1n) is 7.71. The maximum atomic E-state index is 4.66. The quantitative estimate of drug-likeness (QED) is 0.818. The van der Waals surface area contributed by atoms with Crippen molar-refractivity contribution < 1.29 is 0 Å². The maximum absolute atomic E-state index is 4.66. The number of aryl methyl sites for hydroxylation is 1. The lowest BCUT2D eigenvalue weighted by Crippen LogP contribution is -2.37. The van der Waals surface area contributed by atoms with Crippen molar-refractivity contribution >= 4 is 12.6 Å². The first-order valence-corrected chi connectivity index (χ1v) is 8.35. The molecule has 3 rings (SSSR count). The third-order valence-electron chi connectivity index (χ3n) is 4.99. The second-order valence-corrected chi connectivity index (χ2v) is 6.76. The SMILES string of the molecule is SCC1(CN2CCCc3ccccc3C2)CCCC1. The second kappa shape index (κ2) is 5.88. The molecule has 2 heteroatoms. The van der Waals surface area contributed by atoms with Crippen LogP contribution >= 0.6 is 12.6 Å². The Kier molecular flexibility index (Phi) is 4.18. The van der Waals surface area contributed by atoms with E-state index in [1.807, 2.05) is 0 Å². The topological polar surface area (TPSA) is 3.24 Å². The van der Waals surface area contributed by atoms with Crippen LogP contribution in [0.25, 0.3) is 0 Å². The van der Waals surface area contributed by atoms with Crippen LogP contribution in [0.5, 0.6) is 0 Å². The number of nitrogens with zero attached hydrogens (tertiary/aromatic N) is 1. The van der Waals surface area contributed by atoms with Crippen LogP contribution in [0.15, 0.2) is 24.3 Å². The molecule has 1 nitrogen and oxygen atoms in total. The molecule has 1 aliphatic carbocycles. The summed E-state index contributed by atoms with van der Waals surface area (Å²) in [6.45, 7) is 3.65. The third-order valence-corrected chi connectivity index (χ3v) is 5.66. The van der Waals surface area contributed by atoms with Crippen molar-refractivity contribution in [2.24, 2.45) is 5.41 Å². The lowest BCUT2D eigenvalue weighted by Gasteiger charge is -2.34. The fraction of sp³-hybridized carbons (Fsp3) is 0.647. The van der Waals surface area contributed by atoms with Gasteiger partial charge in [-0.25, -0.2) is 0 Å². The standard InChI is InChI=1S/C17H25NS/c19-14-17(9-3-4-10-17)13-18-11-5-8-15-6-1-2-7-16(15)12-18/h1-2,6-7,19H,3-5,8-14H2. The number of hydrogen-bond acceptors (Lipinski definition) is 2. The first kappa shape index (κ1) is 13.5. The summed E-state index contributed by atoms with van der Waals surface area (Å²) in [5.74, 6) is 1.06. The fourth-order valence-corrected chi connectivity index (χ4v) is 4.29. The zero-order valence-corrected chi connectivity index (χ0v) is 12.7. The van der Waals surface area contributed by atoms with Crippen LogP contribution in [0.2, 0.25) is 0 Å². The largest absolute Gasteiger partial charge is 0.298 e. The molecule has 104 valence electrons. The van der Waals surface area contributed by atoms with Crippen molar-refractivity contribution in [1.82, 2.24) is 4.90 Å². The van der Waals surface area contributed by atoms with E-state index >= 15 is 0 Å². The van der Waals surface area contributed by atoms with Crippen LogP contribution in [-0.4, -0.2) is 23.7 Å². The molecule has 1 aliphatic heterocycles. The van der Waals surface area contributed by atoms with Gasteiger partial charge >= 0.3 is 0 Å². The second-order valence-electron chi connectivity index (χ2n) is 6.45. The van der Waals surface area contributed by atoms with Crippen LogP contribution in [0, 0.1) is 5.41 Å². The van der Waals surface area contributed by atoms with Crippen LogP contribution in [0.4, 0.5) is 0 Å². The molecule has 1 aromatic carbocycles.